The molecule has 2 aromatic heterocycles. The minimum Gasteiger partial charge on any atom is -0.359 e. The minimum atomic E-state index is -0.155. The maximum atomic E-state index is 11.2. The zero-order valence-electron chi connectivity index (χ0n) is 13.0. The highest BCUT2D eigenvalue weighted by Gasteiger charge is 2.24. The average molecular weight is 331 g/mol. The summed E-state index contributed by atoms with van der Waals surface area (Å²) in [7, 11) is 0. The van der Waals surface area contributed by atoms with Crippen LogP contribution in [0.4, 0.5) is 10.9 Å². The Morgan fingerprint density at radius 2 is 2.26 bits per heavy atom. The van der Waals surface area contributed by atoms with Crippen LogP contribution in [-0.2, 0) is 12.8 Å². The minimum absolute atomic E-state index is 0.155. The molecule has 1 fully saturated rings. The first kappa shape index (κ1) is 14.7. The van der Waals surface area contributed by atoms with Crippen molar-refractivity contribution in [3.05, 3.63) is 33.1 Å². The Balaban J connectivity index is 1.44. The maximum Gasteiger partial charge on any atom is 0.264 e. The molecular formula is C16H21N5OS. The third kappa shape index (κ3) is 3.10. The fourth-order valence-electron chi connectivity index (χ4n) is 3.48. The van der Waals surface area contributed by atoms with E-state index in [2.05, 4.69) is 20.4 Å². The summed E-state index contributed by atoms with van der Waals surface area (Å²) in [5, 5.41) is 11.3. The number of H-pyrrole nitrogens is 1. The molecule has 3 heterocycles. The van der Waals surface area contributed by atoms with Crippen LogP contribution in [0.25, 0.3) is 0 Å². The van der Waals surface area contributed by atoms with E-state index in [9.17, 15) is 4.79 Å². The van der Waals surface area contributed by atoms with Gasteiger partial charge < -0.3 is 10.2 Å². The average Bonchev–Trinajstić information content (AvgIpc) is 3.15. The van der Waals surface area contributed by atoms with Gasteiger partial charge in [0.05, 0.1) is 5.69 Å². The van der Waals surface area contributed by atoms with Gasteiger partial charge in [0.2, 0.25) is 0 Å². The van der Waals surface area contributed by atoms with Crippen molar-refractivity contribution in [2.45, 2.75) is 44.6 Å². The predicted octanol–water partition coefficient (Wildman–Crippen LogP) is 2.19. The van der Waals surface area contributed by atoms with Gasteiger partial charge in [-0.05, 0) is 44.6 Å². The van der Waals surface area contributed by atoms with Gasteiger partial charge >= 0.3 is 0 Å². The molecule has 0 amide bonds. The van der Waals surface area contributed by atoms with E-state index in [4.69, 9.17) is 4.98 Å². The number of anilines is 2. The normalized spacial score (nSPS) is 20.5. The summed E-state index contributed by atoms with van der Waals surface area (Å²) in [6, 6.07) is 3.75. The Labute approximate surface area is 139 Å². The van der Waals surface area contributed by atoms with Gasteiger partial charge in [0.25, 0.3) is 5.56 Å². The first-order chi connectivity index (χ1) is 11.3. The van der Waals surface area contributed by atoms with Crippen molar-refractivity contribution >= 4 is 22.3 Å². The zero-order valence-corrected chi connectivity index (χ0v) is 13.9. The van der Waals surface area contributed by atoms with Crippen LogP contribution in [0.3, 0.4) is 0 Å². The highest BCUT2D eigenvalue weighted by Crippen LogP contribution is 2.31. The van der Waals surface area contributed by atoms with E-state index < -0.39 is 0 Å². The number of aromatic amines is 1. The molecule has 0 spiro atoms. The van der Waals surface area contributed by atoms with Gasteiger partial charge in [-0.3, -0.25) is 4.79 Å². The summed E-state index contributed by atoms with van der Waals surface area (Å²) in [5.41, 5.74) is 1.14. The molecule has 1 aliphatic carbocycles. The number of aryl methyl sites for hydroxylation is 2. The third-order valence-corrected chi connectivity index (χ3v) is 5.79. The lowest BCUT2D eigenvalue weighted by Gasteiger charge is -2.36. The van der Waals surface area contributed by atoms with Crippen molar-refractivity contribution in [1.82, 2.24) is 15.2 Å². The summed E-state index contributed by atoms with van der Waals surface area (Å²) in [4.78, 5) is 19.7. The first-order valence-electron chi connectivity index (χ1n) is 8.34. The number of hydrogen-bond donors (Lipinski definition) is 2. The largest absolute Gasteiger partial charge is 0.359 e. The quantitative estimate of drug-likeness (QED) is 0.898. The molecule has 7 heteroatoms. The number of piperidine rings is 1. The van der Waals surface area contributed by atoms with Crippen LogP contribution >= 0.6 is 11.3 Å². The van der Waals surface area contributed by atoms with Crippen molar-refractivity contribution in [3.63, 3.8) is 0 Å². The zero-order chi connectivity index (χ0) is 15.6. The van der Waals surface area contributed by atoms with Crippen molar-refractivity contribution in [2.24, 2.45) is 0 Å². The summed E-state index contributed by atoms with van der Waals surface area (Å²) in [6.45, 7) is 1.85. The van der Waals surface area contributed by atoms with E-state index in [1.165, 1.54) is 36.3 Å². The molecule has 122 valence electrons. The van der Waals surface area contributed by atoms with Crippen molar-refractivity contribution in [1.29, 1.82) is 0 Å². The summed E-state index contributed by atoms with van der Waals surface area (Å²) in [6.07, 6.45) is 7.11. The van der Waals surface area contributed by atoms with Crippen molar-refractivity contribution in [3.8, 4) is 0 Å². The number of hydrogen-bond acceptors (Lipinski definition) is 6. The van der Waals surface area contributed by atoms with Gasteiger partial charge in [-0.15, -0.1) is 11.3 Å². The molecule has 6 nitrogen and oxygen atoms in total. The molecular weight excluding hydrogens is 310 g/mol. The first-order valence-corrected chi connectivity index (χ1v) is 9.16. The van der Waals surface area contributed by atoms with E-state index in [0.717, 1.165) is 36.9 Å². The number of nitrogens with one attached hydrogen (secondary N) is 2. The Kier molecular flexibility index (Phi) is 4.03. The Morgan fingerprint density at radius 1 is 1.30 bits per heavy atom. The van der Waals surface area contributed by atoms with Crippen LogP contribution < -0.4 is 15.8 Å². The summed E-state index contributed by atoms with van der Waals surface area (Å²) < 4.78 is 0. The van der Waals surface area contributed by atoms with Gasteiger partial charge in [-0.25, -0.2) is 10.1 Å². The molecule has 4 rings (SSSR count). The number of thiazole rings is 1. The van der Waals surface area contributed by atoms with Crippen molar-refractivity contribution in [2.75, 3.05) is 23.3 Å². The van der Waals surface area contributed by atoms with E-state index >= 15 is 0 Å². The predicted molar refractivity (Wildman–Crippen MR) is 92.5 cm³/mol. The Hall–Kier alpha value is -1.89. The summed E-state index contributed by atoms with van der Waals surface area (Å²) >= 11 is 1.81. The SMILES string of the molecule is O=c1ccc(N2CCCCC2CNc2nc3c(s2)CCC3)n[nH]1. The Bertz CT molecular complexity index is 698. The van der Waals surface area contributed by atoms with Gasteiger partial charge in [0, 0.05) is 30.1 Å². The number of aromatic nitrogens is 3. The lowest BCUT2D eigenvalue weighted by molar-refractivity contribution is 0.467. The smallest absolute Gasteiger partial charge is 0.264 e. The van der Waals surface area contributed by atoms with Gasteiger partial charge in [0.15, 0.2) is 5.13 Å². The lowest BCUT2D eigenvalue weighted by atomic mass is 10.0. The third-order valence-electron chi connectivity index (χ3n) is 4.67. The number of fused-ring (bicyclic) bond motifs is 1. The fourth-order valence-corrected chi connectivity index (χ4v) is 4.54. The fraction of sp³-hybridized carbons (Fsp3) is 0.562. The standard InChI is InChI=1S/C16H21N5OS/c22-15-8-7-14(19-20-15)21-9-2-1-4-11(21)10-17-16-18-12-5-3-6-13(12)23-16/h7-8,11H,1-6,9-10H2,(H,17,18)(H,20,22). The molecule has 1 unspecified atom stereocenters. The molecule has 2 aromatic rings. The van der Waals surface area contributed by atoms with Crippen LogP contribution in [0.15, 0.2) is 16.9 Å². The maximum absolute atomic E-state index is 11.2. The van der Waals surface area contributed by atoms with E-state index in [0.29, 0.717) is 6.04 Å². The highest BCUT2D eigenvalue weighted by atomic mass is 32.1. The molecule has 1 saturated heterocycles. The van der Waals surface area contributed by atoms with E-state index in [1.54, 1.807) is 17.4 Å². The number of nitrogens with zero attached hydrogens (tertiary/aromatic N) is 3. The summed E-state index contributed by atoms with van der Waals surface area (Å²) in [5.74, 6) is 0.859. The van der Waals surface area contributed by atoms with Gasteiger partial charge in [-0.1, -0.05) is 0 Å². The molecule has 0 radical (unpaired) electrons. The van der Waals surface area contributed by atoms with E-state index in [1.807, 2.05) is 6.07 Å². The molecule has 1 atom stereocenters. The second-order valence-corrected chi connectivity index (χ2v) is 7.33. The molecule has 0 saturated carbocycles. The monoisotopic (exact) mass is 331 g/mol. The van der Waals surface area contributed by atoms with Gasteiger partial charge in [0.1, 0.15) is 5.82 Å². The molecule has 2 aliphatic rings. The van der Waals surface area contributed by atoms with E-state index in [-0.39, 0.29) is 5.56 Å². The van der Waals surface area contributed by atoms with Crippen molar-refractivity contribution < 1.29 is 0 Å². The second kappa shape index (κ2) is 6.31. The molecule has 23 heavy (non-hydrogen) atoms. The lowest BCUT2D eigenvalue weighted by Crippen LogP contribution is -2.44. The molecule has 1 aliphatic heterocycles. The molecule has 0 bridgehead atoms. The Morgan fingerprint density at radius 3 is 3.09 bits per heavy atom. The highest BCUT2D eigenvalue weighted by molar-refractivity contribution is 7.15. The molecule has 2 N–H and O–H groups in total. The van der Waals surface area contributed by atoms with Crippen LogP contribution in [-0.4, -0.2) is 34.3 Å². The van der Waals surface area contributed by atoms with Crippen LogP contribution in [0.1, 0.15) is 36.3 Å². The van der Waals surface area contributed by atoms with Crippen LogP contribution in [0.5, 0.6) is 0 Å². The molecule has 0 aromatic carbocycles. The van der Waals surface area contributed by atoms with Crippen LogP contribution in [0.2, 0.25) is 0 Å². The topological polar surface area (TPSA) is 73.9 Å². The number of rotatable bonds is 4. The van der Waals surface area contributed by atoms with Gasteiger partial charge in [-0.2, -0.15) is 5.10 Å². The van der Waals surface area contributed by atoms with Crippen LogP contribution in [0, 0.1) is 0 Å². The second-order valence-electron chi connectivity index (χ2n) is 6.25.